The number of ether oxygens (including phenoxy) is 1. The average molecular weight is 476 g/mol. The molecule has 5 rings (SSSR count). The molecule has 0 aliphatic heterocycles. The molecule has 0 fully saturated rings. The summed E-state index contributed by atoms with van der Waals surface area (Å²) in [5, 5.41) is 10.9. The third-order valence-corrected chi connectivity index (χ3v) is 6.82. The molecule has 8 nitrogen and oxygen atoms in total. The zero-order valence-electron chi connectivity index (χ0n) is 17.7. The van der Waals surface area contributed by atoms with E-state index in [-0.39, 0.29) is 17.5 Å². The smallest absolute Gasteiger partial charge is 0.403 e. The molecule has 12 heteroatoms. The molecular weight excluding hydrogens is 457 g/mol. The number of amides is 1. The van der Waals surface area contributed by atoms with Crippen LogP contribution in [0.5, 0.6) is 5.75 Å². The van der Waals surface area contributed by atoms with Crippen LogP contribution in [0.1, 0.15) is 16.9 Å². The average Bonchev–Trinajstić information content (AvgIpc) is 3.35. The van der Waals surface area contributed by atoms with Gasteiger partial charge in [-0.2, -0.15) is 5.10 Å². The molecule has 2 N–H and O–H groups in total. The largest absolute Gasteiger partial charge is 0.573 e. The minimum atomic E-state index is -4.86. The van der Waals surface area contributed by atoms with Gasteiger partial charge in [-0.15, -0.1) is 24.5 Å². The number of fused-ring (bicyclic) bond motifs is 4. The highest BCUT2D eigenvalue weighted by atomic mass is 32.1. The lowest BCUT2D eigenvalue weighted by molar-refractivity contribution is -0.274. The highest BCUT2D eigenvalue weighted by Gasteiger charge is 2.33. The van der Waals surface area contributed by atoms with Gasteiger partial charge in [0.15, 0.2) is 5.75 Å². The van der Waals surface area contributed by atoms with Crippen molar-refractivity contribution in [3.63, 3.8) is 0 Å². The van der Waals surface area contributed by atoms with E-state index >= 15 is 0 Å². The van der Waals surface area contributed by atoms with E-state index in [1.165, 1.54) is 36.0 Å². The predicted molar refractivity (Wildman–Crippen MR) is 118 cm³/mol. The Morgan fingerprint density at radius 2 is 2.12 bits per heavy atom. The highest BCUT2D eigenvalue weighted by molar-refractivity contribution is 7.19. The topological polar surface area (TPSA) is 96.0 Å². The molecule has 4 aromatic rings. The fourth-order valence-electron chi connectivity index (χ4n) is 4.19. The molecule has 0 spiro atoms. The monoisotopic (exact) mass is 476 g/mol. The van der Waals surface area contributed by atoms with E-state index in [1.54, 1.807) is 19.0 Å². The molecule has 0 radical (unpaired) electrons. The summed E-state index contributed by atoms with van der Waals surface area (Å²) in [7, 11) is 3.49. The van der Waals surface area contributed by atoms with E-state index in [1.807, 2.05) is 0 Å². The minimum absolute atomic E-state index is 0.0879. The zero-order chi connectivity index (χ0) is 23.3. The Morgan fingerprint density at radius 1 is 1.30 bits per heavy atom. The van der Waals surface area contributed by atoms with Gasteiger partial charge in [0, 0.05) is 36.3 Å². The fourth-order valence-corrected chi connectivity index (χ4v) is 5.45. The summed E-state index contributed by atoms with van der Waals surface area (Å²) in [4.78, 5) is 24.5. The van der Waals surface area contributed by atoms with Crippen molar-refractivity contribution in [2.24, 2.45) is 5.92 Å². The number of carbonyl (C=O) groups is 1. The number of hydrogen-bond acceptors (Lipinski definition) is 7. The van der Waals surface area contributed by atoms with Crippen LogP contribution in [0.4, 0.5) is 24.7 Å². The number of halogens is 3. The zero-order valence-corrected chi connectivity index (χ0v) is 18.5. The first-order valence-electron chi connectivity index (χ1n) is 10.2. The van der Waals surface area contributed by atoms with E-state index in [2.05, 4.69) is 30.2 Å². The van der Waals surface area contributed by atoms with Gasteiger partial charge in [0.1, 0.15) is 17.0 Å². The molecule has 1 aliphatic rings. The van der Waals surface area contributed by atoms with E-state index in [4.69, 9.17) is 0 Å². The third-order valence-electron chi connectivity index (χ3n) is 5.65. The molecule has 0 saturated heterocycles. The number of hydrogen-bond donors (Lipinski definition) is 2. The lowest BCUT2D eigenvalue weighted by Crippen LogP contribution is -2.32. The number of aromatic nitrogens is 4. The van der Waals surface area contributed by atoms with Gasteiger partial charge in [0.05, 0.1) is 22.8 Å². The van der Waals surface area contributed by atoms with Crippen molar-refractivity contribution in [1.82, 2.24) is 25.1 Å². The molecule has 1 atom stereocenters. The standard InChI is InChI=1S/C21H19F3N6O2S/c1-30(2)20(31)10-3-4-12-16(6-10)33-19-17(12)18(25-9-26-19)28-14-5-11-8-27-29-13(11)7-15(14)32-21(22,23)24/h5,7-10H,3-4,6H2,1-2H3,(H,27,29)(H,25,26,28). The molecule has 1 amide bonds. The van der Waals surface area contributed by atoms with Crippen molar-refractivity contribution in [2.75, 3.05) is 19.4 Å². The van der Waals surface area contributed by atoms with Crippen LogP contribution in [0.2, 0.25) is 0 Å². The van der Waals surface area contributed by atoms with Crippen molar-refractivity contribution < 1.29 is 22.7 Å². The summed E-state index contributed by atoms with van der Waals surface area (Å²) in [6, 6.07) is 2.77. The van der Waals surface area contributed by atoms with Gasteiger partial charge in [-0.1, -0.05) is 0 Å². The normalized spacial score (nSPS) is 16.1. The molecule has 0 bridgehead atoms. The van der Waals surface area contributed by atoms with Crippen LogP contribution in [0, 0.1) is 5.92 Å². The molecular formula is C21H19F3N6O2S. The highest BCUT2D eigenvalue weighted by Crippen LogP contribution is 2.42. The number of nitrogens with one attached hydrogen (secondary N) is 2. The summed E-state index contributed by atoms with van der Waals surface area (Å²) in [5.41, 5.74) is 1.55. The quantitative estimate of drug-likeness (QED) is 0.453. The summed E-state index contributed by atoms with van der Waals surface area (Å²) in [6.07, 6.45) is -0.0175. The summed E-state index contributed by atoms with van der Waals surface area (Å²) in [5.74, 6) is -0.0124. The van der Waals surface area contributed by atoms with Crippen LogP contribution in [0.25, 0.3) is 21.1 Å². The van der Waals surface area contributed by atoms with Crippen molar-refractivity contribution in [3.05, 3.63) is 35.1 Å². The van der Waals surface area contributed by atoms with Crippen molar-refractivity contribution in [2.45, 2.75) is 25.6 Å². The number of H-pyrrole nitrogens is 1. The number of carbonyl (C=O) groups excluding carboxylic acids is 1. The van der Waals surface area contributed by atoms with Crippen LogP contribution in [0.3, 0.4) is 0 Å². The van der Waals surface area contributed by atoms with E-state index in [0.717, 1.165) is 20.7 Å². The third kappa shape index (κ3) is 4.06. The van der Waals surface area contributed by atoms with Crippen LogP contribution >= 0.6 is 11.3 Å². The van der Waals surface area contributed by atoms with Crippen molar-refractivity contribution in [3.8, 4) is 5.75 Å². The first kappa shape index (κ1) is 21.4. The van der Waals surface area contributed by atoms with Gasteiger partial charge in [0.25, 0.3) is 0 Å². The Labute approximate surface area is 189 Å². The Bertz CT molecular complexity index is 1360. The SMILES string of the molecule is CN(C)C(=O)C1CCc2c(sc3ncnc(Nc4cc5cn[nH]c5cc4OC(F)(F)F)c23)C1. The first-order chi connectivity index (χ1) is 15.7. The maximum atomic E-state index is 13.0. The van der Waals surface area contributed by atoms with Gasteiger partial charge < -0.3 is 15.0 Å². The Morgan fingerprint density at radius 3 is 2.88 bits per heavy atom. The number of alkyl halides is 3. The number of anilines is 2. The molecule has 1 aliphatic carbocycles. The number of benzene rings is 1. The Balaban J connectivity index is 1.55. The molecule has 172 valence electrons. The second kappa shape index (κ2) is 7.87. The summed E-state index contributed by atoms with van der Waals surface area (Å²) >= 11 is 1.49. The van der Waals surface area contributed by atoms with E-state index < -0.39 is 12.1 Å². The molecule has 1 aromatic carbocycles. The number of thiophene rings is 1. The van der Waals surface area contributed by atoms with Crippen LogP contribution in [-0.2, 0) is 17.6 Å². The molecule has 0 saturated carbocycles. The van der Waals surface area contributed by atoms with E-state index in [9.17, 15) is 18.0 Å². The van der Waals surface area contributed by atoms with Gasteiger partial charge in [-0.05, 0) is 30.9 Å². The number of aryl methyl sites for hydroxylation is 1. The fraction of sp³-hybridized carbons (Fsp3) is 0.333. The van der Waals surface area contributed by atoms with Gasteiger partial charge in [-0.3, -0.25) is 9.89 Å². The lowest BCUT2D eigenvalue weighted by Gasteiger charge is -2.24. The predicted octanol–water partition coefficient (Wildman–Crippen LogP) is 4.40. The van der Waals surface area contributed by atoms with Crippen molar-refractivity contribution in [1.29, 1.82) is 0 Å². The van der Waals surface area contributed by atoms with E-state index in [0.29, 0.717) is 36.0 Å². The summed E-state index contributed by atoms with van der Waals surface area (Å²) < 4.78 is 43.4. The number of aromatic amines is 1. The van der Waals surface area contributed by atoms with Gasteiger partial charge >= 0.3 is 6.36 Å². The maximum Gasteiger partial charge on any atom is 0.573 e. The number of nitrogens with zero attached hydrogens (tertiary/aromatic N) is 4. The molecule has 33 heavy (non-hydrogen) atoms. The van der Waals surface area contributed by atoms with Gasteiger partial charge in [-0.25, -0.2) is 9.97 Å². The number of rotatable bonds is 4. The Kier molecular flexibility index (Phi) is 5.11. The summed E-state index contributed by atoms with van der Waals surface area (Å²) in [6.45, 7) is 0. The van der Waals surface area contributed by atoms with Gasteiger partial charge in [0.2, 0.25) is 5.91 Å². The minimum Gasteiger partial charge on any atom is -0.403 e. The van der Waals surface area contributed by atoms with Crippen molar-refractivity contribution >= 4 is 49.9 Å². The second-order valence-electron chi connectivity index (χ2n) is 8.06. The maximum absolute atomic E-state index is 13.0. The van der Waals surface area contributed by atoms with Crippen LogP contribution in [-0.4, -0.2) is 51.4 Å². The van der Waals surface area contributed by atoms with Crippen LogP contribution < -0.4 is 10.1 Å². The van der Waals surface area contributed by atoms with Crippen LogP contribution in [0.15, 0.2) is 24.7 Å². The molecule has 1 unspecified atom stereocenters. The Hall–Kier alpha value is -3.41. The molecule has 3 aromatic heterocycles. The lowest BCUT2D eigenvalue weighted by atomic mass is 9.87. The molecule has 3 heterocycles. The second-order valence-corrected chi connectivity index (χ2v) is 9.14. The first-order valence-corrected chi connectivity index (χ1v) is 11.0.